The average molecular weight is 393 g/mol. The molecule has 2 heterocycles. The molecule has 1 saturated carbocycles. The third kappa shape index (κ3) is 3.37. The lowest BCUT2D eigenvalue weighted by Gasteiger charge is -2.23. The van der Waals surface area contributed by atoms with Crippen molar-refractivity contribution in [2.75, 3.05) is 13.2 Å². The van der Waals surface area contributed by atoms with Gasteiger partial charge in [-0.05, 0) is 36.5 Å². The number of benzene rings is 1. The predicted molar refractivity (Wildman–Crippen MR) is 93.4 cm³/mol. The maximum atomic E-state index is 12.9. The molecule has 1 aromatic carbocycles. The van der Waals surface area contributed by atoms with E-state index in [0.29, 0.717) is 24.7 Å². The number of aromatic nitrogens is 2. The van der Waals surface area contributed by atoms with Gasteiger partial charge in [-0.15, -0.1) is 0 Å². The molecule has 0 saturated heterocycles. The minimum absolute atomic E-state index is 0.146. The highest BCUT2D eigenvalue weighted by Crippen LogP contribution is 2.44. The van der Waals surface area contributed by atoms with Crippen molar-refractivity contribution in [1.29, 1.82) is 0 Å². The summed E-state index contributed by atoms with van der Waals surface area (Å²) < 4.78 is 40.6. The van der Waals surface area contributed by atoms with Gasteiger partial charge >= 0.3 is 5.97 Å². The molecule has 1 fully saturated rings. The SMILES string of the molecule is Cn1ncc(S(=O)(=O)NC(c2ccc3c(c2)OCCO3)C2CC2)c1C(=O)O. The average Bonchev–Trinajstić information content (AvgIpc) is 3.40. The third-order valence-electron chi connectivity index (χ3n) is 4.70. The molecule has 2 aliphatic rings. The number of hydrogen-bond donors (Lipinski definition) is 2. The van der Waals surface area contributed by atoms with Crippen molar-refractivity contribution < 1.29 is 27.8 Å². The Labute approximate surface area is 155 Å². The van der Waals surface area contributed by atoms with Gasteiger partial charge in [0.1, 0.15) is 18.1 Å². The Morgan fingerprint density at radius 1 is 1.30 bits per heavy atom. The molecule has 0 bridgehead atoms. The van der Waals surface area contributed by atoms with E-state index in [4.69, 9.17) is 9.47 Å². The van der Waals surface area contributed by atoms with Crippen molar-refractivity contribution >= 4 is 16.0 Å². The molecule has 0 amide bonds. The predicted octanol–water partition coefficient (Wildman–Crippen LogP) is 1.32. The van der Waals surface area contributed by atoms with E-state index < -0.39 is 22.0 Å². The lowest BCUT2D eigenvalue weighted by atomic mass is 10.0. The topological polar surface area (TPSA) is 120 Å². The Kier molecular flexibility index (Phi) is 4.31. The zero-order chi connectivity index (χ0) is 19.2. The summed E-state index contributed by atoms with van der Waals surface area (Å²) in [4.78, 5) is 11.1. The van der Waals surface area contributed by atoms with Gasteiger partial charge in [0.2, 0.25) is 10.0 Å². The minimum Gasteiger partial charge on any atom is -0.486 e. The van der Waals surface area contributed by atoms with Crippen LogP contribution in [0.25, 0.3) is 0 Å². The molecule has 2 aromatic rings. The lowest BCUT2D eigenvalue weighted by molar-refractivity contribution is 0.0680. The van der Waals surface area contributed by atoms with Crippen LogP contribution in [0.15, 0.2) is 29.3 Å². The summed E-state index contributed by atoms with van der Waals surface area (Å²) in [5.41, 5.74) is 0.380. The van der Waals surface area contributed by atoms with E-state index in [9.17, 15) is 18.3 Å². The van der Waals surface area contributed by atoms with Crippen LogP contribution in [0.4, 0.5) is 0 Å². The third-order valence-corrected chi connectivity index (χ3v) is 6.14. The fraction of sp³-hybridized carbons (Fsp3) is 0.412. The molecule has 4 rings (SSSR count). The Morgan fingerprint density at radius 2 is 2.00 bits per heavy atom. The first kappa shape index (κ1) is 17.8. The minimum atomic E-state index is -4.08. The number of carbonyl (C=O) groups is 1. The fourth-order valence-electron chi connectivity index (χ4n) is 3.21. The quantitative estimate of drug-likeness (QED) is 0.759. The van der Waals surface area contributed by atoms with Crippen molar-refractivity contribution in [2.24, 2.45) is 13.0 Å². The number of aryl methyl sites for hydroxylation is 1. The monoisotopic (exact) mass is 393 g/mol. The van der Waals surface area contributed by atoms with Crippen LogP contribution in [-0.2, 0) is 17.1 Å². The van der Waals surface area contributed by atoms with Crippen molar-refractivity contribution in [2.45, 2.75) is 23.8 Å². The lowest BCUT2D eigenvalue weighted by Crippen LogP contribution is -2.31. The van der Waals surface area contributed by atoms with Crippen LogP contribution >= 0.6 is 0 Å². The van der Waals surface area contributed by atoms with Gasteiger partial charge in [0.25, 0.3) is 0 Å². The summed E-state index contributed by atoms with van der Waals surface area (Å²) in [5, 5.41) is 13.1. The summed E-state index contributed by atoms with van der Waals surface area (Å²) in [5.74, 6) is 0.00369. The van der Waals surface area contributed by atoms with Gasteiger partial charge in [-0.25, -0.2) is 17.9 Å². The molecule has 27 heavy (non-hydrogen) atoms. The van der Waals surface area contributed by atoms with Gasteiger partial charge in [-0.2, -0.15) is 5.10 Å². The summed E-state index contributed by atoms with van der Waals surface area (Å²) in [6, 6.07) is 4.87. The van der Waals surface area contributed by atoms with Crippen LogP contribution in [0.3, 0.4) is 0 Å². The highest BCUT2D eigenvalue weighted by atomic mass is 32.2. The van der Waals surface area contributed by atoms with Crippen molar-refractivity contribution in [3.63, 3.8) is 0 Å². The first-order valence-corrected chi connectivity index (χ1v) is 10.0. The van der Waals surface area contributed by atoms with Gasteiger partial charge < -0.3 is 14.6 Å². The van der Waals surface area contributed by atoms with E-state index in [2.05, 4.69) is 9.82 Å². The normalized spacial score (nSPS) is 17.5. The number of sulfonamides is 1. The highest BCUT2D eigenvalue weighted by molar-refractivity contribution is 7.89. The molecule has 10 heteroatoms. The number of carboxylic acids is 1. The Morgan fingerprint density at radius 3 is 2.67 bits per heavy atom. The van der Waals surface area contributed by atoms with Crippen LogP contribution < -0.4 is 14.2 Å². The Balaban J connectivity index is 1.67. The smallest absolute Gasteiger partial charge is 0.355 e. The Bertz CT molecular complexity index is 996. The molecular formula is C17H19N3O6S. The molecule has 1 aliphatic heterocycles. The van der Waals surface area contributed by atoms with Gasteiger partial charge in [-0.3, -0.25) is 4.68 Å². The van der Waals surface area contributed by atoms with E-state index in [1.807, 2.05) is 0 Å². The molecule has 1 aromatic heterocycles. The van der Waals surface area contributed by atoms with Gasteiger partial charge in [0.05, 0.1) is 6.20 Å². The molecule has 0 radical (unpaired) electrons. The molecule has 1 atom stereocenters. The first-order chi connectivity index (χ1) is 12.9. The van der Waals surface area contributed by atoms with Crippen LogP contribution in [0.1, 0.15) is 34.9 Å². The van der Waals surface area contributed by atoms with Crippen LogP contribution in [0, 0.1) is 5.92 Å². The van der Waals surface area contributed by atoms with Crippen molar-refractivity contribution in [3.05, 3.63) is 35.7 Å². The summed E-state index contributed by atoms with van der Waals surface area (Å²) >= 11 is 0. The largest absolute Gasteiger partial charge is 0.486 e. The second kappa shape index (κ2) is 6.54. The zero-order valence-corrected chi connectivity index (χ0v) is 15.4. The first-order valence-electron chi connectivity index (χ1n) is 8.54. The molecule has 9 nitrogen and oxygen atoms in total. The van der Waals surface area contributed by atoms with E-state index >= 15 is 0 Å². The number of ether oxygens (including phenoxy) is 2. The fourth-order valence-corrected chi connectivity index (χ4v) is 4.66. The van der Waals surface area contributed by atoms with Crippen LogP contribution in [0.2, 0.25) is 0 Å². The second-order valence-electron chi connectivity index (χ2n) is 6.63. The molecule has 1 aliphatic carbocycles. The molecule has 144 valence electrons. The highest BCUT2D eigenvalue weighted by Gasteiger charge is 2.37. The summed E-state index contributed by atoms with van der Waals surface area (Å²) in [6.45, 7) is 0.915. The number of fused-ring (bicyclic) bond motifs is 1. The summed E-state index contributed by atoms with van der Waals surface area (Å²) in [7, 11) is -2.68. The van der Waals surface area contributed by atoms with Crippen LogP contribution in [0.5, 0.6) is 11.5 Å². The van der Waals surface area contributed by atoms with E-state index in [1.54, 1.807) is 18.2 Å². The van der Waals surface area contributed by atoms with Crippen molar-refractivity contribution in [3.8, 4) is 11.5 Å². The zero-order valence-electron chi connectivity index (χ0n) is 14.6. The van der Waals surface area contributed by atoms with Crippen LogP contribution in [-0.4, -0.2) is 42.5 Å². The maximum Gasteiger partial charge on any atom is 0.355 e. The number of nitrogens with one attached hydrogen (secondary N) is 1. The molecule has 2 N–H and O–H groups in total. The van der Waals surface area contributed by atoms with E-state index in [-0.39, 0.29) is 16.5 Å². The summed E-state index contributed by atoms with van der Waals surface area (Å²) in [6.07, 6.45) is 2.83. The number of aromatic carboxylic acids is 1. The second-order valence-corrected chi connectivity index (χ2v) is 8.31. The number of nitrogens with zero attached hydrogens (tertiary/aromatic N) is 2. The van der Waals surface area contributed by atoms with E-state index in [0.717, 1.165) is 29.3 Å². The van der Waals surface area contributed by atoms with Crippen molar-refractivity contribution in [1.82, 2.24) is 14.5 Å². The van der Waals surface area contributed by atoms with E-state index in [1.165, 1.54) is 7.05 Å². The standard InChI is InChI=1S/C17H19N3O6S/c1-20-16(17(21)22)14(9-18-20)27(23,24)19-15(10-2-3-10)11-4-5-12-13(8-11)26-7-6-25-12/h4-5,8-10,15,19H,2-3,6-7H2,1H3,(H,21,22). The molecule has 1 unspecified atom stereocenters. The molecule has 0 spiro atoms. The number of rotatable bonds is 6. The van der Waals surface area contributed by atoms with Gasteiger partial charge in [0.15, 0.2) is 17.2 Å². The number of hydrogen-bond acceptors (Lipinski definition) is 6. The molecular weight excluding hydrogens is 374 g/mol. The Hall–Kier alpha value is -2.59. The number of carboxylic acid groups (broad SMARTS) is 1. The van der Waals surface area contributed by atoms with Gasteiger partial charge in [-0.1, -0.05) is 6.07 Å². The maximum absolute atomic E-state index is 12.9. The van der Waals surface area contributed by atoms with Gasteiger partial charge in [0, 0.05) is 13.1 Å².